The minimum Gasteiger partial charge on any atom is -0.356 e. The van der Waals surface area contributed by atoms with Crippen LogP contribution in [0.4, 0.5) is 0 Å². The molecule has 1 N–H and O–H groups in total. The normalized spacial score (nSPS) is 15.7. The maximum Gasteiger partial charge on any atom is 0.265 e. The number of halogens is 1. The van der Waals surface area contributed by atoms with Crippen LogP contribution in [-0.2, 0) is 4.79 Å². The van der Waals surface area contributed by atoms with Crippen molar-refractivity contribution in [1.82, 2.24) is 29.5 Å². The lowest BCUT2D eigenvalue weighted by atomic mass is 10.2. The summed E-state index contributed by atoms with van der Waals surface area (Å²) in [7, 11) is 4.01. The summed E-state index contributed by atoms with van der Waals surface area (Å²) in [6.45, 7) is 1.54. The topological polar surface area (TPSA) is 85.1 Å². The summed E-state index contributed by atoms with van der Waals surface area (Å²) < 4.78 is 3.26. The summed E-state index contributed by atoms with van der Waals surface area (Å²) in [5.74, 6) is 0.596. The van der Waals surface area contributed by atoms with E-state index < -0.39 is 0 Å². The SMILES string of the molecule is CN(C)CCCNC(=O)CC1CSc2nc3c(cnn3-c3cccc(Cl)c3)c(=O)n21. The fraction of sp³-hybridized carbons (Fsp3) is 0.400. The lowest BCUT2D eigenvalue weighted by molar-refractivity contribution is -0.121. The third kappa shape index (κ3) is 4.23. The number of fused-ring (bicyclic) bond motifs is 2. The van der Waals surface area contributed by atoms with Crippen LogP contribution in [-0.4, -0.2) is 63.1 Å². The molecule has 0 saturated heterocycles. The highest BCUT2D eigenvalue weighted by molar-refractivity contribution is 7.99. The third-order valence-electron chi connectivity index (χ3n) is 4.95. The molecule has 30 heavy (non-hydrogen) atoms. The van der Waals surface area contributed by atoms with Crippen LogP contribution in [0.5, 0.6) is 0 Å². The summed E-state index contributed by atoms with van der Waals surface area (Å²) in [5, 5.41) is 8.92. The molecule has 1 aromatic carbocycles. The first-order valence-electron chi connectivity index (χ1n) is 9.74. The van der Waals surface area contributed by atoms with Crippen LogP contribution in [0, 0.1) is 0 Å². The van der Waals surface area contributed by atoms with Crippen molar-refractivity contribution in [3.05, 3.63) is 45.8 Å². The van der Waals surface area contributed by atoms with Gasteiger partial charge >= 0.3 is 0 Å². The Labute approximate surface area is 183 Å². The van der Waals surface area contributed by atoms with Gasteiger partial charge in [-0.1, -0.05) is 29.4 Å². The average Bonchev–Trinajstić information content (AvgIpc) is 3.30. The van der Waals surface area contributed by atoms with E-state index in [1.54, 1.807) is 21.4 Å². The Hall–Kier alpha value is -2.36. The fourth-order valence-electron chi connectivity index (χ4n) is 3.49. The van der Waals surface area contributed by atoms with Gasteiger partial charge in [0.25, 0.3) is 5.56 Å². The van der Waals surface area contributed by atoms with Gasteiger partial charge in [0.15, 0.2) is 10.8 Å². The van der Waals surface area contributed by atoms with Gasteiger partial charge in [0.05, 0.1) is 17.9 Å². The van der Waals surface area contributed by atoms with Gasteiger partial charge in [-0.05, 0) is 45.3 Å². The van der Waals surface area contributed by atoms with Crippen molar-refractivity contribution >= 4 is 40.3 Å². The Morgan fingerprint density at radius 3 is 3.00 bits per heavy atom. The summed E-state index contributed by atoms with van der Waals surface area (Å²) >= 11 is 7.58. The molecule has 0 saturated carbocycles. The van der Waals surface area contributed by atoms with Crippen LogP contribution in [0.15, 0.2) is 40.4 Å². The highest BCUT2D eigenvalue weighted by atomic mass is 35.5. The molecule has 8 nitrogen and oxygen atoms in total. The van der Waals surface area contributed by atoms with Gasteiger partial charge in [0, 0.05) is 23.7 Å². The van der Waals surface area contributed by atoms with E-state index in [4.69, 9.17) is 11.6 Å². The molecule has 0 fully saturated rings. The standard InChI is InChI=1S/C20H23ClN6O2S/c1-25(2)8-4-7-22-17(28)10-15-12-30-20-24-18-16(19(29)26(15)20)11-23-27(18)14-6-3-5-13(21)9-14/h3,5-6,9,11,15H,4,7-8,10,12H2,1-2H3,(H,22,28). The number of carbonyl (C=O) groups excluding carboxylic acids is 1. The smallest absolute Gasteiger partial charge is 0.265 e. The number of aromatic nitrogens is 4. The van der Waals surface area contributed by atoms with Crippen molar-refractivity contribution in [3.8, 4) is 5.69 Å². The van der Waals surface area contributed by atoms with Crippen LogP contribution in [0.3, 0.4) is 0 Å². The van der Waals surface area contributed by atoms with Crippen LogP contribution in [0.2, 0.25) is 5.02 Å². The zero-order valence-electron chi connectivity index (χ0n) is 16.8. The van der Waals surface area contributed by atoms with Gasteiger partial charge in [0.1, 0.15) is 5.39 Å². The number of benzene rings is 1. The quantitative estimate of drug-likeness (QED) is 0.443. The van der Waals surface area contributed by atoms with Crippen LogP contribution in [0.25, 0.3) is 16.7 Å². The first-order chi connectivity index (χ1) is 14.4. The third-order valence-corrected chi connectivity index (χ3v) is 6.28. The van der Waals surface area contributed by atoms with E-state index in [1.165, 1.54) is 18.0 Å². The molecule has 1 unspecified atom stereocenters. The van der Waals surface area contributed by atoms with E-state index in [0.29, 0.717) is 33.5 Å². The van der Waals surface area contributed by atoms with Crippen LogP contribution in [0.1, 0.15) is 18.9 Å². The van der Waals surface area contributed by atoms with E-state index in [-0.39, 0.29) is 23.9 Å². The molecular formula is C20H23ClN6O2S. The Balaban J connectivity index is 1.56. The van der Waals surface area contributed by atoms with E-state index in [1.807, 2.05) is 26.2 Å². The van der Waals surface area contributed by atoms with Gasteiger partial charge in [-0.3, -0.25) is 14.2 Å². The molecule has 3 heterocycles. The Kier molecular flexibility index (Phi) is 6.12. The summed E-state index contributed by atoms with van der Waals surface area (Å²) in [5.41, 5.74) is 1.07. The van der Waals surface area contributed by atoms with Crippen molar-refractivity contribution < 1.29 is 4.79 Å². The Bertz CT molecular complexity index is 1140. The van der Waals surface area contributed by atoms with E-state index in [2.05, 4.69) is 20.3 Å². The van der Waals surface area contributed by atoms with Crippen molar-refractivity contribution in [2.45, 2.75) is 24.0 Å². The van der Waals surface area contributed by atoms with Crippen molar-refractivity contribution in [1.29, 1.82) is 0 Å². The lowest BCUT2D eigenvalue weighted by Gasteiger charge is -2.14. The van der Waals surface area contributed by atoms with Crippen molar-refractivity contribution in [2.24, 2.45) is 0 Å². The minimum absolute atomic E-state index is 0.0474. The summed E-state index contributed by atoms with van der Waals surface area (Å²) in [6, 6.07) is 7.03. The van der Waals surface area contributed by atoms with Crippen molar-refractivity contribution in [3.63, 3.8) is 0 Å². The molecule has 4 rings (SSSR count). The molecular weight excluding hydrogens is 424 g/mol. The zero-order valence-corrected chi connectivity index (χ0v) is 18.4. The van der Waals surface area contributed by atoms with E-state index in [9.17, 15) is 9.59 Å². The predicted octanol–water partition coefficient (Wildman–Crippen LogP) is 2.34. The average molecular weight is 447 g/mol. The number of rotatable bonds is 7. The molecule has 0 aliphatic carbocycles. The van der Waals surface area contributed by atoms with Gasteiger partial charge in [-0.15, -0.1) is 0 Å². The number of hydrogen-bond acceptors (Lipinski definition) is 6. The molecule has 0 bridgehead atoms. The largest absolute Gasteiger partial charge is 0.356 e. The minimum atomic E-state index is -0.210. The number of nitrogens with zero attached hydrogens (tertiary/aromatic N) is 5. The summed E-state index contributed by atoms with van der Waals surface area (Å²) in [4.78, 5) is 32.3. The predicted molar refractivity (Wildman–Crippen MR) is 119 cm³/mol. The number of thioether (sulfide) groups is 1. The second-order valence-electron chi connectivity index (χ2n) is 7.52. The molecule has 158 valence electrons. The Morgan fingerprint density at radius 2 is 2.23 bits per heavy atom. The number of carbonyl (C=O) groups is 1. The van der Waals surface area contributed by atoms with Crippen molar-refractivity contribution in [2.75, 3.05) is 32.9 Å². The molecule has 10 heteroatoms. The van der Waals surface area contributed by atoms with Crippen LogP contribution < -0.4 is 10.9 Å². The second-order valence-corrected chi connectivity index (χ2v) is 8.94. The fourth-order valence-corrected chi connectivity index (χ4v) is 4.80. The highest BCUT2D eigenvalue weighted by Crippen LogP contribution is 2.33. The molecule has 2 aromatic heterocycles. The molecule has 3 aromatic rings. The lowest BCUT2D eigenvalue weighted by Crippen LogP contribution is -2.32. The second kappa shape index (κ2) is 8.79. The maximum atomic E-state index is 13.2. The van der Waals surface area contributed by atoms with Gasteiger partial charge < -0.3 is 10.2 Å². The number of amides is 1. The molecule has 1 aliphatic rings. The van der Waals surface area contributed by atoms with E-state index in [0.717, 1.165) is 18.7 Å². The molecule has 1 aliphatic heterocycles. The molecule has 1 amide bonds. The molecule has 0 radical (unpaired) electrons. The first kappa shape index (κ1) is 20.9. The maximum absolute atomic E-state index is 13.2. The molecule has 1 atom stereocenters. The Morgan fingerprint density at radius 1 is 1.40 bits per heavy atom. The highest BCUT2D eigenvalue weighted by Gasteiger charge is 2.29. The molecule has 0 spiro atoms. The first-order valence-corrected chi connectivity index (χ1v) is 11.1. The van der Waals surface area contributed by atoms with Gasteiger partial charge in [0.2, 0.25) is 5.91 Å². The number of hydrogen-bond donors (Lipinski definition) is 1. The van der Waals surface area contributed by atoms with Crippen LogP contribution >= 0.6 is 23.4 Å². The summed E-state index contributed by atoms with van der Waals surface area (Å²) in [6.07, 6.45) is 2.68. The van der Waals surface area contributed by atoms with E-state index >= 15 is 0 Å². The monoisotopic (exact) mass is 446 g/mol. The van der Waals surface area contributed by atoms with Gasteiger partial charge in [-0.25, -0.2) is 9.67 Å². The zero-order chi connectivity index (χ0) is 21.3. The van der Waals surface area contributed by atoms with Gasteiger partial charge in [-0.2, -0.15) is 5.10 Å². The number of nitrogens with one attached hydrogen (secondary N) is 1.